The Labute approximate surface area is 160 Å². The molecule has 1 amide bonds. The molecule has 2 aromatic rings. The number of benzene rings is 2. The zero-order valence-corrected chi connectivity index (χ0v) is 16.1. The van der Waals surface area contributed by atoms with Crippen molar-refractivity contribution >= 4 is 28.9 Å². The summed E-state index contributed by atoms with van der Waals surface area (Å²) in [5.74, 6) is -0.00811. The summed E-state index contributed by atoms with van der Waals surface area (Å²) in [6.07, 6.45) is 4.56. The molecule has 2 N–H and O–H groups in total. The quantitative estimate of drug-likeness (QED) is 0.797. The third-order valence-corrected chi connectivity index (χ3v) is 5.14. The van der Waals surface area contributed by atoms with Gasteiger partial charge in [0.2, 0.25) is 0 Å². The molecule has 26 heavy (non-hydrogen) atoms. The summed E-state index contributed by atoms with van der Waals surface area (Å²) < 4.78 is 0. The van der Waals surface area contributed by atoms with E-state index < -0.39 is 0 Å². The van der Waals surface area contributed by atoms with Crippen molar-refractivity contribution in [2.45, 2.75) is 31.2 Å². The molecule has 0 radical (unpaired) electrons. The van der Waals surface area contributed by atoms with E-state index in [4.69, 9.17) is 12.2 Å². The van der Waals surface area contributed by atoms with E-state index in [0.29, 0.717) is 10.7 Å². The molecule has 0 saturated heterocycles. The van der Waals surface area contributed by atoms with E-state index in [-0.39, 0.29) is 11.4 Å². The zero-order chi connectivity index (χ0) is 18.6. The molecular weight excluding hydrogens is 342 g/mol. The molecule has 1 saturated carbocycles. The Hall–Kier alpha value is -2.40. The van der Waals surface area contributed by atoms with E-state index >= 15 is 0 Å². The van der Waals surface area contributed by atoms with E-state index in [1.807, 2.05) is 30.3 Å². The first-order valence-corrected chi connectivity index (χ1v) is 9.37. The Morgan fingerprint density at radius 2 is 1.62 bits per heavy atom. The average Bonchev–Trinajstić information content (AvgIpc) is 3.12. The molecule has 1 fully saturated rings. The van der Waals surface area contributed by atoms with Crippen molar-refractivity contribution in [3.05, 3.63) is 65.7 Å². The lowest BCUT2D eigenvalue weighted by Gasteiger charge is -2.32. The van der Waals surface area contributed by atoms with E-state index in [1.54, 1.807) is 19.0 Å². The Morgan fingerprint density at radius 3 is 2.19 bits per heavy atom. The molecule has 1 aliphatic carbocycles. The number of carbonyl (C=O) groups is 1. The summed E-state index contributed by atoms with van der Waals surface area (Å²) in [5.41, 5.74) is 2.73. The van der Waals surface area contributed by atoms with Crippen LogP contribution in [-0.2, 0) is 5.54 Å². The van der Waals surface area contributed by atoms with Crippen LogP contribution in [0.5, 0.6) is 0 Å². The molecule has 0 atom stereocenters. The van der Waals surface area contributed by atoms with Crippen molar-refractivity contribution in [2.24, 2.45) is 0 Å². The van der Waals surface area contributed by atoms with E-state index in [1.165, 1.54) is 18.4 Å². The minimum Gasteiger partial charge on any atom is -0.353 e. The third kappa shape index (κ3) is 4.05. The van der Waals surface area contributed by atoms with Gasteiger partial charge in [0.25, 0.3) is 5.91 Å². The molecule has 0 unspecified atom stereocenters. The molecular formula is C21H25N3OS. The van der Waals surface area contributed by atoms with Crippen LogP contribution in [0.4, 0.5) is 5.69 Å². The van der Waals surface area contributed by atoms with Gasteiger partial charge in [0.1, 0.15) is 0 Å². The molecule has 0 aliphatic heterocycles. The van der Waals surface area contributed by atoms with E-state index in [2.05, 4.69) is 34.9 Å². The van der Waals surface area contributed by atoms with Crippen molar-refractivity contribution in [1.29, 1.82) is 0 Å². The Morgan fingerprint density at radius 1 is 1.00 bits per heavy atom. The van der Waals surface area contributed by atoms with Gasteiger partial charge in [-0.1, -0.05) is 43.2 Å². The third-order valence-electron chi connectivity index (χ3n) is 4.93. The summed E-state index contributed by atoms with van der Waals surface area (Å²) in [4.78, 5) is 13.5. The van der Waals surface area contributed by atoms with E-state index in [0.717, 1.165) is 18.5 Å². The van der Waals surface area contributed by atoms with Crippen molar-refractivity contribution in [1.82, 2.24) is 10.2 Å². The molecule has 0 spiro atoms. The van der Waals surface area contributed by atoms with Crippen molar-refractivity contribution in [2.75, 3.05) is 19.4 Å². The van der Waals surface area contributed by atoms with Gasteiger partial charge in [0.15, 0.2) is 5.11 Å². The number of carbonyl (C=O) groups excluding carboxylic acids is 1. The Bertz CT molecular complexity index is 766. The van der Waals surface area contributed by atoms with Crippen molar-refractivity contribution in [3.8, 4) is 0 Å². The molecule has 4 nitrogen and oxygen atoms in total. The van der Waals surface area contributed by atoms with Crippen LogP contribution >= 0.6 is 12.2 Å². The lowest BCUT2D eigenvalue weighted by atomic mass is 9.88. The van der Waals surface area contributed by atoms with Crippen LogP contribution in [0.2, 0.25) is 0 Å². The summed E-state index contributed by atoms with van der Waals surface area (Å²) in [5, 5.41) is 7.43. The van der Waals surface area contributed by atoms with Crippen LogP contribution in [0.25, 0.3) is 0 Å². The van der Waals surface area contributed by atoms with Gasteiger partial charge in [-0.2, -0.15) is 0 Å². The van der Waals surface area contributed by atoms with Crippen LogP contribution < -0.4 is 10.6 Å². The largest absolute Gasteiger partial charge is 0.353 e. The molecule has 0 heterocycles. The number of hydrogen-bond acceptors (Lipinski definition) is 2. The second kappa shape index (κ2) is 7.87. The first-order chi connectivity index (χ1) is 12.5. The second-order valence-corrected chi connectivity index (χ2v) is 7.42. The highest BCUT2D eigenvalue weighted by molar-refractivity contribution is 7.80. The monoisotopic (exact) mass is 367 g/mol. The predicted molar refractivity (Wildman–Crippen MR) is 110 cm³/mol. The van der Waals surface area contributed by atoms with Crippen LogP contribution in [0, 0.1) is 0 Å². The normalized spacial score (nSPS) is 15.3. The highest BCUT2D eigenvalue weighted by Crippen LogP contribution is 2.38. The zero-order valence-electron chi connectivity index (χ0n) is 15.3. The van der Waals surface area contributed by atoms with Gasteiger partial charge < -0.3 is 15.5 Å². The smallest absolute Gasteiger partial charge is 0.253 e. The van der Waals surface area contributed by atoms with Crippen LogP contribution in [0.1, 0.15) is 41.6 Å². The number of anilines is 1. The fourth-order valence-electron chi connectivity index (χ4n) is 3.56. The molecule has 136 valence electrons. The van der Waals surface area contributed by atoms with E-state index in [9.17, 15) is 4.79 Å². The minimum absolute atomic E-state index is 0.00811. The summed E-state index contributed by atoms with van der Waals surface area (Å²) in [6.45, 7) is 0. The van der Waals surface area contributed by atoms with Gasteiger partial charge in [0, 0.05) is 25.3 Å². The van der Waals surface area contributed by atoms with Crippen molar-refractivity contribution < 1.29 is 4.79 Å². The average molecular weight is 368 g/mol. The molecule has 0 bridgehead atoms. The van der Waals surface area contributed by atoms with Crippen LogP contribution in [0.3, 0.4) is 0 Å². The summed E-state index contributed by atoms with van der Waals surface area (Å²) >= 11 is 5.57. The number of hydrogen-bond donors (Lipinski definition) is 2. The molecule has 2 aromatic carbocycles. The predicted octanol–water partition coefficient (Wildman–Crippen LogP) is 4.14. The lowest BCUT2D eigenvalue weighted by Crippen LogP contribution is -2.45. The van der Waals surface area contributed by atoms with Gasteiger partial charge in [-0.05, 0) is 54.9 Å². The van der Waals surface area contributed by atoms with Gasteiger partial charge in [-0.25, -0.2) is 0 Å². The van der Waals surface area contributed by atoms with Gasteiger partial charge in [0.05, 0.1) is 5.54 Å². The highest BCUT2D eigenvalue weighted by Gasteiger charge is 2.36. The Balaban J connectivity index is 1.69. The van der Waals surface area contributed by atoms with Gasteiger partial charge >= 0.3 is 0 Å². The first-order valence-electron chi connectivity index (χ1n) is 8.97. The lowest BCUT2D eigenvalue weighted by molar-refractivity contribution is 0.0827. The standard InChI is InChI=1S/C21H25N3OS/c1-24(2)19(25)16-10-12-18(13-11-16)22-20(26)23-21(14-6-7-15-21)17-8-4-3-5-9-17/h3-5,8-13H,6-7,14-15H2,1-2H3,(H2,22,23,26). The summed E-state index contributed by atoms with van der Waals surface area (Å²) in [6, 6.07) is 17.9. The Kier molecular flexibility index (Phi) is 5.57. The van der Waals surface area contributed by atoms with Crippen LogP contribution in [-0.4, -0.2) is 30.0 Å². The molecule has 0 aromatic heterocycles. The first kappa shape index (κ1) is 18.4. The maximum Gasteiger partial charge on any atom is 0.253 e. The maximum absolute atomic E-state index is 12.0. The fourth-order valence-corrected chi connectivity index (χ4v) is 3.87. The number of rotatable bonds is 4. The SMILES string of the molecule is CN(C)C(=O)c1ccc(NC(=S)NC2(c3ccccc3)CCCC2)cc1. The van der Waals surface area contributed by atoms with Gasteiger partial charge in [-0.3, -0.25) is 4.79 Å². The molecule has 1 aliphatic rings. The number of nitrogens with zero attached hydrogens (tertiary/aromatic N) is 1. The molecule has 3 rings (SSSR count). The number of nitrogens with one attached hydrogen (secondary N) is 2. The number of amides is 1. The van der Waals surface area contributed by atoms with Gasteiger partial charge in [-0.15, -0.1) is 0 Å². The second-order valence-electron chi connectivity index (χ2n) is 7.01. The minimum atomic E-state index is -0.0911. The maximum atomic E-state index is 12.0. The number of thiocarbonyl (C=S) groups is 1. The molecule has 5 heteroatoms. The summed E-state index contributed by atoms with van der Waals surface area (Å²) in [7, 11) is 3.50. The topological polar surface area (TPSA) is 44.4 Å². The highest BCUT2D eigenvalue weighted by atomic mass is 32.1. The fraction of sp³-hybridized carbons (Fsp3) is 0.333. The van der Waals surface area contributed by atoms with Crippen molar-refractivity contribution in [3.63, 3.8) is 0 Å². The van der Waals surface area contributed by atoms with Crippen LogP contribution in [0.15, 0.2) is 54.6 Å².